The molecule has 1 N–H and O–H groups in total. The maximum Gasteiger partial charge on any atom is 0.259 e. The van der Waals surface area contributed by atoms with E-state index in [0.29, 0.717) is 5.65 Å². The van der Waals surface area contributed by atoms with Crippen molar-refractivity contribution in [2.45, 2.75) is 19.1 Å². The Morgan fingerprint density at radius 2 is 2.14 bits per heavy atom. The van der Waals surface area contributed by atoms with Crippen LogP contribution in [-0.2, 0) is 0 Å². The largest absolute Gasteiger partial charge is 0.486 e. The van der Waals surface area contributed by atoms with E-state index < -0.39 is 18.0 Å². The Kier molecular flexibility index (Phi) is 5.01. The van der Waals surface area contributed by atoms with E-state index in [-0.39, 0.29) is 46.8 Å². The third-order valence-corrected chi connectivity index (χ3v) is 5.08. The first-order valence-electron chi connectivity index (χ1n) is 8.91. The molecule has 1 amide bonds. The number of aromatic nitrogens is 3. The molecule has 0 saturated heterocycles. The zero-order valence-corrected chi connectivity index (χ0v) is 16.4. The molecule has 3 aromatic rings. The number of rotatable bonds is 1. The predicted molar refractivity (Wildman–Crippen MR) is 102 cm³/mol. The topological polar surface area (TPSA) is 89.2 Å². The van der Waals surface area contributed by atoms with E-state index in [9.17, 15) is 14.3 Å². The zero-order valence-electron chi connectivity index (χ0n) is 15.7. The fourth-order valence-corrected chi connectivity index (χ4v) is 3.55. The molecule has 152 valence electrons. The highest BCUT2D eigenvalue weighted by molar-refractivity contribution is 6.31. The summed E-state index contributed by atoms with van der Waals surface area (Å²) < 4.78 is 27.4. The van der Waals surface area contributed by atoms with Gasteiger partial charge in [-0.15, -0.1) is 0 Å². The summed E-state index contributed by atoms with van der Waals surface area (Å²) in [6.07, 6.45) is 1.55. The third kappa shape index (κ3) is 3.47. The summed E-state index contributed by atoms with van der Waals surface area (Å²) in [5, 5.41) is 13.8. The van der Waals surface area contributed by atoms with E-state index >= 15 is 0 Å². The number of likely N-dealkylation sites (N-methyl/N-ethyl adjacent to an activating group) is 1. The molecular formula is C19H18ClFN4O4. The summed E-state index contributed by atoms with van der Waals surface area (Å²) in [6.45, 7) is 1.40. The minimum absolute atomic E-state index is 0.0794. The van der Waals surface area contributed by atoms with Gasteiger partial charge in [0.2, 0.25) is 5.88 Å². The lowest BCUT2D eigenvalue weighted by molar-refractivity contribution is 0.0596. The summed E-state index contributed by atoms with van der Waals surface area (Å²) in [7, 11) is 1.58. The zero-order chi connectivity index (χ0) is 20.7. The number of carbonyl (C=O) groups excluding carboxylic acids is 1. The molecule has 0 spiro atoms. The van der Waals surface area contributed by atoms with Gasteiger partial charge in [0.15, 0.2) is 5.65 Å². The number of hydrogen-bond donors (Lipinski definition) is 1. The highest BCUT2D eigenvalue weighted by atomic mass is 35.5. The second kappa shape index (κ2) is 7.49. The van der Waals surface area contributed by atoms with Crippen LogP contribution in [0, 0.1) is 5.82 Å². The monoisotopic (exact) mass is 420 g/mol. The Morgan fingerprint density at radius 3 is 2.90 bits per heavy atom. The number of amides is 1. The van der Waals surface area contributed by atoms with Crippen LogP contribution in [0.1, 0.15) is 28.9 Å². The van der Waals surface area contributed by atoms with E-state index in [0.717, 1.165) is 0 Å². The van der Waals surface area contributed by atoms with E-state index in [2.05, 4.69) is 10.1 Å². The molecule has 8 nitrogen and oxygen atoms in total. The molecule has 0 radical (unpaired) electrons. The van der Waals surface area contributed by atoms with Crippen LogP contribution in [0.2, 0.25) is 5.02 Å². The fraction of sp³-hybridized carbons (Fsp3) is 0.316. The molecule has 3 heterocycles. The van der Waals surface area contributed by atoms with Crippen LogP contribution in [-0.4, -0.2) is 56.8 Å². The first-order chi connectivity index (χ1) is 13.9. The number of nitrogens with zero attached hydrogens (tertiary/aromatic N) is 4. The van der Waals surface area contributed by atoms with Crippen molar-refractivity contribution in [2.24, 2.45) is 0 Å². The van der Waals surface area contributed by atoms with Gasteiger partial charge in [0.05, 0.1) is 29.9 Å². The second-order valence-corrected chi connectivity index (χ2v) is 7.11. The molecule has 0 saturated carbocycles. The molecule has 4 rings (SSSR count). The summed E-state index contributed by atoms with van der Waals surface area (Å²) in [4.78, 5) is 18.7. The number of fused-ring (bicyclic) bond motifs is 2. The van der Waals surface area contributed by atoms with Gasteiger partial charge in [0.1, 0.15) is 29.3 Å². The van der Waals surface area contributed by atoms with Crippen LogP contribution >= 0.6 is 11.6 Å². The molecule has 2 aromatic heterocycles. The first-order valence-corrected chi connectivity index (χ1v) is 9.28. The molecular weight excluding hydrogens is 403 g/mol. The maximum absolute atomic E-state index is 14.1. The minimum atomic E-state index is -0.765. The van der Waals surface area contributed by atoms with Crippen molar-refractivity contribution in [1.82, 2.24) is 19.5 Å². The van der Waals surface area contributed by atoms with Gasteiger partial charge in [-0.2, -0.15) is 10.1 Å². The SMILES string of the molecule is C[C@H]1Oc2ccn3ncc(c3n2)C(=O)N(C)CC(CO)Oc2ccc(F)c(Cl)c21. The lowest BCUT2D eigenvalue weighted by Crippen LogP contribution is -2.39. The molecule has 1 aliphatic heterocycles. The molecule has 29 heavy (non-hydrogen) atoms. The van der Waals surface area contributed by atoms with Crippen molar-refractivity contribution in [3.63, 3.8) is 0 Å². The molecule has 2 bridgehead atoms. The number of hydrogen-bond acceptors (Lipinski definition) is 6. The first kappa shape index (κ1) is 19.4. The van der Waals surface area contributed by atoms with Crippen LogP contribution < -0.4 is 9.47 Å². The van der Waals surface area contributed by atoms with Gasteiger partial charge >= 0.3 is 0 Å². The van der Waals surface area contributed by atoms with Gasteiger partial charge < -0.3 is 19.5 Å². The van der Waals surface area contributed by atoms with Crippen molar-refractivity contribution >= 4 is 23.2 Å². The quantitative estimate of drug-likeness (QED) is 0.650. The number of aliphatic hydroxyl groups excluding tert-OH is 1. The lowest BCUT2D eigenvalue weighted by atomic mass is 10.1. The van der Waals surface area contributed by atoms with Crippen LogP contribution in [0.25, 0.3) is 5.65 Å². The Hall–Kier alpha value is -2.91. The van der Waals surface area contributed by atoms with Crippen molar-refractivity contribution in [3.05, 3.63) is 52.6 Å². The van der Waals surface area contributed by atoms with Gasteiger partial charge in [0.25, 0.3) is 5.91 Å². The van der Waals surface area contributed by atoms with Crippen LogP contribution in [0.5, 0.6) is 11.6 Å². The molecule has 0 fully saturated rings. The van der Waals surface area contributed by atoms with Gasteiger partial charge in [-0.05, 0) is 19.1 Å². The van der Waals surface area contributed by atoms with Gasteiger partial charge in [-0.1, -0.05) is 11.6 Å². The van der Waals surface area contributed by atoms with Crippen LogP contribution in [0.4, 0.5) is 4.39 Å². The smallest absolute Gasteiger partial charge is 0.259 e. The number of ether oxygens (including phenoxy) is 2. The van der Waals surface area contributed by atoms with E-state index in [1.165, 1.54) is 27.7 Å². The maximum atomic E-state index is 14.1. The molecule has 1 aliphatic rings. The summed E-state index contributed by atoms with van der Waals surface area (Å²) >= 11 is 6.21. The average Bonchev–Trinajstić information content (AvgIpc) is 3.12. The van der Waals surface area contributed by atoms with Gasteiger partial charge in [-0.25, -0.2) is 8.91 Å². The summed E-state index contributed by atoms with van der Waals surface area (Å²) in [5.41, 5.74) is 0.884. The Balaban J connectivity index is 1.88. The van der Waals surface area contributed by atoms with Crippen molar-refractivity contribution in [1.29, 1.82) is 0 Å². The molecule has 0 aliphatic carbocycles. The number of carbonyl (C=O) groups is 1. The third-order valence-electron chi connectivity index (χ3n) is 4.69. The highest BCUT2D eigenvalue weighted by Gasteiger charge is 2.27. The highest BCUT2D eigenvalue weighted by Crippen LogP contribution is 2.37. The van der Waals surface area contributed by atoms with E-state index in [1.807, 2.05) is 0 Å². The number of aliphatic hydroxyl groups is 1. The fourth-order valence-electron chi connectivity index (χ4n) is 3.24. The number of benzene rings is 1. The van der Waals surface area contributed by atoms with Crippen molar-refractivity contribution in [3.8, 4) is 11.6 Å². The summed E-state index contributed by atoms with van der Waals surface area (Å²) in [6, 6.07) is 4.18. The minimum Gasteiger partial charge on any atom is -0.486 e. The van der Waals surface area contributed by atoms with Gasteiger partial charge in [-0.3, -0.25) is 4.79 Å². The molecule has 10 heteroatoms. The Labute approximate surface area is 170 Å². The van der Waals surface area contributed by atoms with E-state index in [4.69, 9.17) is 21.1 Å². The van der Waals surface area contributed by atoms with Crippen molar-refractivity contribution < 1.29 is 23.8 Å². The van der Waals surface area contributed by atoms with Crippen molar-refractivity contribution in [2.75, 3.05) is 20.2 Å². The second-order valence-electron chi connectivity index (χ2n) is 6.73. The average molecular weight is 421 g/mol. The molecule has 2 atom stereocenters. The number of halogens is 2. The van der Waals surface area contributed by atoms with E-state index in [1.54, 1.807) is 26.2 Å². The Morgan fingerprint density at radius 1 is 1.34 bits per heavy atom. The Bertz CT molecular complexity index is 1090. The summed E-state index contributed by atoms with van der Waals surface area (Å²) in [5.74, 6) is -0.488. The normalized spacial score (nSPS) is 19.8. The lowest BCUT2D eigenvalue weighted by Gasteiger charge is -2.26. The van der Waals surface area contributed by atoms with Gasteiger partial charge in [0, 0.05) is 19.3 Å². The molecule has 1 aromatic carbocycles. The van der Waals surface area contributed by atoms with Crippen LogP contribution in [0.3, 0.4) is 0 Å². The van der Waals surface area contributed by atoms with Crippen LogP contribution in [0.15, 0.2) is 30.6 Å². The molecule has 1 unspecified atom stereocenters. The standard InChI is InChI=1S/C19H18ClFN4O4/c1-10-16-14(4-3-13(21)17(16)20)29-11(9-26)8-24(2)19(27)12-7-22-25-6-5-15(28-10)23-18(12)25/h3-7,10-11,26H,8-9H2,1-2H3/t10-,11?/m1/s1. The predicted octanol–water partition coefficient (Wildman–Crippen LogP) is 2.49.